The van der Waals surface area contributed by atoms with Crippen LogP contribution in [0.1, 0.15) is 16.1 Å². The standard InChI is InChI=1S/C24H15BrF3N3O4/c1-33-22(32)19-9-12-3-2-4-18(21(12)35-19)34-15-7-5-14(6-8-15)29-23-30-17-11-13(24(26,27)28)10-16(25)20(17)31-23/h2-11H,1H3,(H2,29,30,31). The SMILES string of the molecule is COC(=O)c1cc2cccc(Oc3ccc(Nc4nc5cc(C(F)(F)F)cc(Br)c5[nH]4)cc3)c2o1. The highest BCUT2D eigenvalue weighted by atomic mass is 79.9. The fourth-order valence-corrected chi connectivity index (χ4v) is 4.03. The molecule has 0 fully saturated rings. The average molecular weight is 546 g/mol. The molecule has 0 saturated heterocycles. The van der Waals surface area contributed by atoms with Crippen LogP contribution in [-0.2, 0) is 10.9 Å². The second-order valence-electron chi connectivity index (χ2n) is 7.46. The van der Waals surface area contributed by atoms with Crippen molar-refractivity contribution < 1.29 is 31.9 Å². The van der Waals surface area contributed by atoms with E-state index in [1.807, 2.05) is 0 Å². The molecule has 0 aliphatic heterocycles. The number of H-pyrrole nitrogens is 1. The molecule has 3 aromatic carbocycles. The van der Waals surface area contributed by atoms with E-state index in [0.717, 1.165) is 12.1 Å². The number of esters is 1. The van der Waals surface area contributed by atoms with Crippen LogP contribution < -0.4 is 10.1 Å². The van der Waals surface area contributed by atoms with Crippen molar-refractivity contribution >= 4 is 55.5 Å². The molecule has 5 aromatic rings. The summed E-state index contributed by atoms with van der Waals surface area (Å²) in [5.74, 6) is 0.680. The monoisotopic (exact) mass is 545 g/mol. The molecule has 5 rings (SSSR count). The fraction of sp³-hybridized carbons (Fsp3) is 0.0833. The van der Waals surface area contributed by atoms with E-state index >= 15 is 0 Å². The van der Waals surface area contributed by atoms with Gasteiger partial charge < -0.3 is 24.2 Å². The van der Waals surface area contributed by atoms with Crippen LogP contribution in [0, 0.1) is 0 Å². The van der Waals surface area contributed by atoms with Crippen molar-refractivity contribution in [3.05, 3.63) is 76.5 Å². The minimum Gasteiger partial charge on any atom is -0.463 e. The van der Waals surface area contributed by atoms with E-state index in [9.17, 15) is 18.0 Å². The number of nitrogens with one attached hydrogen (secondary N) is 2. The maximum atomic E-state index is 13.1. The van der Waals surface area contributed by atoms with Gasteiger partial charge in [-0.25, -0.2) is 9.78 Å². The van der Waals surface area contributed by atoms with E-state index in [1.54, 1.807) is 48.5 Å². The number of alkyl halides is 3. The highest BCUT2D eigenvalue weighted by Gasteiger charge is 2.31. The predicted molar refractivity (Wildman–Crippen MR) is 126 cm³/mol. The van der Waals surface area contributed by atoms with Gasteiger partial charge in [-0.05, 0) is 64.5 Å². The molecule has 11 heteroatoms. The number of aromatic nitrogens is 2. The Balaban J connectivity index is 1.35. The van der Waals surface area contributed by atoms with Gasteiger partial charge >= 0.3 is 12.1 Å². The molecular formula is C24H15BrF3N3O4. The van der Waals surface area contributed by atoms with Gasteiger partial charge in [0.05, 0.1) is 23.7 Å². The number of anilines is 2. The lowest BCUT2D eigenvalue weighted by molar-refractivity contribution is -0.137. The molecule has 178 valence electrons. The number of aromatic amines is 1. The number of methoxy groups -OCH3 is 1. The first kappa shape index (κ1) is 22.8. The summed E-state index contributed by atoms with van der Waals surface area (Å²) in [6, 6.07) is 15.7. The Labute approximate surface area is 204 Å². The van der Waals surface area contributed by atoms with E-state index < -0.39 is 17.7 Å². The number of carbonyl (C=O) groups excluding carboxylic acids is 1. The molecule has 0 amide bonds. The molecule has 0 aliphatic rings. The third kappa shape index (κ3) is 4.54. The van der Waals surface area contributed by atoms with E-state index in [0.29, 0.717) is 33.7 Å². The maximum absolute atomic E-state index is 13.1. The number of carbonyl (C=O) groups is 1. The Morgan fingerprint density at radius 3 is 2.60 bits per heavy atom. The van der Waals surface area contributed by atoms with Crippen molar-refractivity contribution in [1.82, 2.24) is 9.97 Å². The summed E-state index contributed by atoms with van der Waals surface area (Å²) >= 11 is 3.16. The van der Waals surface area contributed by atoms with Gasteiger partial charge in [-0.2, -0.15) is 13.2 Å². The topological polar surface area (TPSA) is 89.4 Å². The van der Waals surface area contributed by atoms with Gasteiger partial charge in [0, 0.05) is 15.5 Å². The summed E-state index contributed by atoms with van der Waals surface area (Å²) in [5.41, 5.74) is 0.862. The Bertz CT molecular complexity index is 1560. The van der Waals surface area contributed by atoms with Crippen LogP contribution in [0.3, 0.4) is 0 Å². The lowest BCUT2D eigenvalue weighted by Gasteiger charge is -2.08. The molecule has 0 bridgehead atoms. The highest BCUT2D eigenvalue weighted by molar-refractivity contribution is 9.10. The zero-order valence-corrected chi connectivity index (χ0v) is 19.5. The summed E-state index contributed by atoms with van der Waals surface area (Å²) in [6.07, 6.45) is -4.47. The molecule has 0 spiro atoms. The Morgan fingerprint density at radius 2 is 1.89 bits per heavy atom. The van der Waals surface area contributed by atoms with Crippen LogP contribution in [0.15, 0.2) is 69.6 Å². The van der Waals surface area contributed by atoms with E-state index in [1.165, 1.54) is 7.11 Å². The van der Waals surface area contributed by atoms with Crippen LogP contribution >= 0.6 is 15.9 Å². The first-order valence-electron chi connectivity index (χ1n) is 10.1. The lowest BCUT2D eigenvalue weighted by Crippen LogP contribution is -2.04. The molecular weight excluding hydrogens is 531 g/mol. The highest BCUT2D eigenvalue weighted by Crippen LogP contribution is 2.36. The average Bonchev–Trinajstić information content (AvgIpc) is 3.44. The molecule has 0 unspecified atom stereocenters. The molecule has 0 saturated carbocycles. The molecule has 0 atom stereocenters. The van der Waals surface area contributed by atoms with Crippen molar-refractivity contribution in [3.8, 4) is 11.5 Å². The molecule has 7 nitrogen and oxygen atoms in total. The van der Waals surface area contributed by atoms with Crippen LogP contribution in [0.25, 0.3) is 22.0 Å². The van der Waals surface area contributed by atoms with Gasteiger partial charge in [-0.15, -0.1) is 0 Å². The van der Waals surface area contributed by atoms with E-state index in [4.69, 9.17) is 13.9 Å². The number of fused-ring (bicyclic) bond motifs is 2. The molecule has 35 heavy (non-hydrogen) atoms. The molecule has 0 aliphatic carbocycles. The molecule has 2 N–H and O–H groups in total. The molecule has 2 aromatic heterocycles. The number of nitrogens with zero attached hydrogens (tertiary/aromatic N) is 1. The first-order valence-corrected chi connectivity index (χ1v) is 10.9. The Kier molecular flexibility index (Phi) is 5.64. The van der Waals surface area contributed by atoms with E-state index in [2.05, 4.69) is 31.2 Å². The van der Waals surface area contributed by atoms with Gasteiger partial charge in [0.15, 0.2) is 11.3 Å². The van der Waals surface area contributed by atoms with Crippen LogP contribution in [0.4, 0.5) is 24.8 Å². The number of furan rings is 1. The van der Waals surface area contributed by atoms with Gasteiger partial charge in [0.1, 0.15) is 5.75 Å². The number of imidazole rings is 1. The summed E-state index contributed by atoms with van der Waals surface area (Å²) in [6.45, 7) is 0. The summed E-state index contributed by atoms with van der Waals surface area (Å²) in [4.78, 5) is 18.9. The zero-order valence-electron chi connectivity index (χ0n) is 17.9. The fourth-order valence-electron chi connectivity index (χ4n) is 3.48. The Hall–Kier alpha value is -3.99. The van der Waals surface area contributed by atoms with E-state index in [-0.39, 0.29) is 21.7 Å². The number of halogens is 4. The minimum atomic E-state index is -4.47. The van der Waals surface area contributed by atoms with Crippen molar-refractivity contribution in [2.45, 2.75) is 6.18 Å². The molecule has 2 heterocycles. The summed E-state index contributed by atoms with van der Waals surface area (Å²) in [5, 5.41) is 3.71. The third-order valence-corrected chi connectivity index (χ3v) is 5.74. The van der Waals surface area contributed by atoms with Gasteiger partial charge in [0.25, 0.3) is 0 Å². The second kappa shape index (κ2) is 8.66. The van der Waals surface area contributed by atoms with Crippen molar-refractivity contribution in [2.75, 3.05) is 12.4 Å². The number of rotatable bonds is 5. The number of ether oxygens (including phenoxy) is 2. The van der Waals surface area contributed by atoms with Gasteiger partial charge in [-0.3, -0.25) is 0 Å². The number of hydrogen-bond donors (Lipinski definition) is 2. The summed E-state index contributed by atoms with van der Waals surface area (Å²) < 4.78 is 55.7. The van der Waals surface area contributed by atoms with Crippen molar-refractivity contribution in [1.29, 1.82) is 0 Å². The Morgan fingerprint density at radius 1 is 1.11 bits per heavy atom. The smallest absolute Gasteiger partial charge is 0.416 e. The van der Waals surface area contributed by atoms with Gasteiger partial charge in [0.2, 0.25) is 11.7 Å². The van der Waals surface area contributed by atoms with Crippen LogP contribution in [0.2, 0.25) is 0 Å². The predicted octanol–water partition coefficient (Wildman–Crippen LogP) is 7.41. The number of para-hydroxylation sites is 1. The molecule has 0 radical (unpaired) electrons. The largest absolute Gasteiger partial charge is 0.463 e. The quantitative estimate of drug-likeness (QED) is 0.223. The van der Waals surface area contributed by atoms with Gasteiger partial charge in [-0.1, -0.05) is 12.1 Å². The number of hydrogen-bond acceptors (Lipinski definition) is 6. The first-order chi connectivity index (χ1) is 16.7. The lowest BCUT2D eigenvalue weighted by atomic mass is 10.2. The van der Waals surface area contributed by atoms with Crippen LogP contribution in [-0.4, -0.2) is 23.0 Å². The summed E-state index contributed by atoms with van der Waals surface area (Å²) in [7, 11) is 1.27. The van der Waals surface area contributed by atoms with Crippen molar-refractivity contribution in [2.24, 2.45) is 0 Å². The number of benzene rings is 3. The maximum Gasteiger partial charge on any atom is 0.416 e. The van der Waals surface area contributed by atoms with Crippen LogP contribution in [0.5, 0.6) is 11.5 Å². The zero-order chi connectivity index (χ0) is 24.7. The minimum absolute atomic E-state index is 0.0675. The second-order valence-corrected chi connectivity index (χ2v) is 8.32. The normalized spacial score (nSPS) is 11.7. The third-order valence-electron chi connectivity index (χ3n) is 5.11. The van der Waals surface area contributed by atoms with Crippen molar-refractivity contribution in [3.63, 3.8) is 0 Å².